The van der Waals surface area contributed by atoms with Crippen LogP contribution in [0.2, 0.25) is 10.3 Å². The maximum absolute atomic E-state index is 11.4. The Hall–Kier alpha value is -3.15. The van der Waals surface area contributed by atoms with E-state index in [0.717, 1.165) is 16.5 Å². The minimum Gasteiger partial charge on any atom is -0.478 e. The number of aromatic nitrogens is 2. The number of nitrogens with one attached hydrogen (secondary N) is 1. The minimum absolute atomic E-state index is 0.156. The number of fused-ring (bicyclic) bond motifs is 1. The molecule has 4 rings (SSSR count). The molecule has 1 aromatic heterocycles. The average Bonchev–Trinajstić information content (AvgIpc) is 2.72. The van der Waals surface area contributed by atoms with E-state index in [9.17, 15) is 9.90 Å². The molecule has 144 valence electrons. The lowest BCUT2D eigenvalue weighted by Gasteiger charge is -2.11. The molecule has 7 heteroatoms. The summed E-state index contributed by atoms with van der Waals surface area (Å²) in [6.45, 7) is 0.510. The van der Waals surface area contributed by atoms with Crippen LogP contribution >= 0.6 is 23.2 Å². The third-order valence-corrected chi connectivity index (χ3v) is 4.92. The van der Waals surface area contributed by atoms with Gasteiger partial charge in [-0.3, -0.25) is 0 Å². The van der Waals surface area contributed by atoms with E-state index in [1.807, 2.05) is 30.3 Å². The second kappa shape index (κ2) is 8.07. The van der Waals surface area contributed by atoms with Gasteiger partial charge in [0.2, 0.25) is 5.28 Å². The summed E-state index contributed by atoms with van der Waals surface area (Å²) in [6, 6.07) is 20.0. The lowest BCUT2D eigenvalue weighted by Crippen LogP contribution is -2.03. The Morgan fingerprint density at radius 2 is 1.72 bits per heavy atom. The van der Waals surface area contributed by atoms with E-state index in [2.05, 4.69) is 15.3 Å². The first-order valence-electron chi connectivity index (χ1n) is 8.79. The van der Waals surface area contributed by atoms with Gasteiger partial charge >= 0.3 is 5.97 Å². The second-order valence-corrected chi connectivity index (χ2v) is 7.18. The van der Waals surface area contributed by atoms with Gasteiger partial charge in [0.15, 0.2) is 0 Å². The Labute approximate surface area is 177 Å². The van der Waals surface area contributed by atoms with Gasteiger partial charge in [0.1, 0.15) is 5.82 Å². The van der Waals surface area contributed by atoms with Gasteiger partial charge in [0.05, 0.1) is 11.1 Å². The van der Waals surface area contributed by atoms with E-state index in [0.29, 0.717) is 28.5 Å². The average molecular weight is 424 g/mol. The molecular weight excluding hydrogens is 409 g/mol. The maximum atomic E-state index is 11.4. The van der Waals surface area contributed by atoms with E-state index in [-0.39, 0.29) is 10.8 Å². The molecule has 29 heavy (non-hydrogen) atoms. The van der Waals surface area contributed by atoms with Crippen LogP contribution in [-0.4, -0.2) is 21.0 Å². The number of carboxylic acid groups (broad SMARTS) is 1. The molecule has 0 spiro atoms. The predicted octanol–water partition coefficient (Wildman–Crippen LogP) is 5.91. The predicted molar refractivity (Wildman–Crippen MR) is 116 cm³/mol. The molecule has 2 N–H and O–H groups in total. The second-order valence-electron chi connectivity index (χ2n) is 6.40. The molecule has 0 aliphatic rings. The maximum Gasteiger partial charge on any atom is 0.336 e. The number of rotatable bonds is 5. The SMILES string of the molecule is O=C(O)c1ccccc1-c1ccc(CNc2nc(Cl)nc3ccc(Cl)cc23)cc1. The number of benzene rings is 3. The molecular formula is C22H15Cl2N3O2. The summed E-state index contributed by atoms with van der Waals surface area (Å²) < 4.78 is 0. The third kappa shape index (κ3) is 4.16. The van der Waals surface area contributed by atoms with E-state index < -0.39 is 5.97 Å². The Bertz CT molecular complexity index is 1210. The van der Waals surface area contributed by atoms with Crippen LogP contribution in [0.5, 0.6) is 0 Å². The van der Waals surface area contributed by atoms with Gasteiger partial charge in [0, 0.05) is 17.0 Å². The van der Waals surface area contributed by atoms with E-state index >= 15 is 0 Å². The molecule has 0 aliphatic heterocycles. The summed E-state index contributed by atoms with van der Waals surface area (Å²) in [5.74, 6) is -0.347. The number of hydrogen-bond donors (Lipinski definition) is 2. The number of nitrogens with zero attached hydrogens (tertiary/aromatic N) is 2. The van der Waals surface area contributed by atoms with Gasteiger partial charge in [-0.2, -0.15) is 0 Å². The standard InChI is InChI=1S/C22H15Cl2N3O2/c23-15-9-10-19-18(11-15)20(27-22(24)26-19)25-12-13-5-7-14(8-6-13)16-3-1-2-4-17(16)21(28)29/h1-11H,12H2,(H,28,29)(H,25,26,27). The molecule has 4 aromatic rings. The fourth-order valence-corrected chi connectivity index (χ4v) is 3.46. The molecule has 0 fully saturated rings. The largest absolute Gasteiger partial charge is 0.478 e. The molecule has 3 aromatic carbocycles. The van der Waals surface area contributed by atoms with Crippen LogP contribution in [0.4, 0.5) is 5.82 Å². The van der Waals surface area contributed by atoms with Crippen molar-refractivity contribution in [1.82, 2.24) is 9.97 Å². The van der Waals surface area contributed by atoms with Gasteiger partial charge in [0.25, 0.3) is 0 Å². The van der Waals surface area contributed by atoms with E-state index in [1.165, 1.54) is 0 Å². The van der Waals surface area contributed by atoms with Gasteiger partial charge in [-0.25, -0.2) is 14.8 Å². The molecule has 1 heterocycles. The fourth-order valence-electron chi connectivity index (χ4n) is 3.12. The molecule has 0 amide bonds. The number of carboxylic acids is 1. The first-order chi connectivity index (χ1) is 14.0. The molecule has 0 saturated carbocycles. The van der Waals surface area contributed by atoms with Crippen LogP contribution < -0.4 is 5.32 Å². The van der Waals surface area contributed by atoms with E-state index in [4.69, 9.17) is 23.2 Å². The van der Waals surface area contributed by atoms with Gasteiger partial charge in [-0.05, 0) is 52.6 Å². The number of hydrogen-bond acceptors (Lipinski definition) is 4. The number of anilines is 1. The zero-order valence-electron chi connectivity index (χ0n) is 15.1. The van der Waals surface area contributed by atoms with Crippen molar-refractivity contribution in [3.8, 4) is 11.1 Å². The Morgan fingerprint density at radius 3 is 2.48 bits per heavy atom. The van der Waals surface area contributed by atoms with Crippen molar-refractivity contribution in [1.29, 1.82) is 0 Å². The third-order valence-electron chi connectivity index (χ3n) is 4.51. The highest BCUT2D eigenvalue weighted by atomic mass is 35.5. The lowest BCUT2D eigenvalue weighted by molar-refractivity contribution is 0.0697. The van der Waals surface area contributed by atoms with Crippen molar-refractivity contribution in [2.75, 3.05) is 5.32 Å². The lowest BCUT2D eigenvalue weighted by atomic mass is 9.99. The van der Waals surface area contributed by atoms with Crippen molar-refractivity contribution in [2.24, 2.45) is 0 Å². The van der Waals surface area contributed by atoms with Crippen LogP contribution in [0, 0.1) is 0 Å². The highest BCUT2D eigenvalue weighted by Crippen LogP contribution is 2.27. The van der Waals surface area contributed by atoms with Crippen LogP contribution in [0.3, 0.4) is 0 Å². The van der Waals surface area contributed by atoms with Crippen LogP contribution in [0.25, 0.3) is 22.0 Å². The zero-order valence-corrected chi connectivity index (χ0v) is 16.6. The van der Waals surface area contributed by atoms with Crippen molar-refractivity contribution in [3.05, 3.63) is 88.2 Å². The molecule has 0 unspecified atom stereocenters. The molecule has 0 radical (unpaired) electrons. The quantitative estimate of drug-likeness (QED) is 0.390. The van der Waals surface area contributed by atoms with Gasteiger partial charge < -0.3 is 10.4 Å². The van der Waals surface area contributed by atoms with Crippen molar-refractivity contribution >= 4 is 45.9 Å². The molecule has 0 saturated heterocycles. The van der Waals surface area contributed by atoms with Crippen molar-refractivity contribution in [2.45, 2.75) is 6.54 Å². The number of aromatic carboxylic acids is 1. The summed E-state index contributed by atoms with van der Waals surface area (Å²) >= 11 is 12.1. The van der Waals surface area contributed by atoms with Gasteiger partial charge in [-0.15, -0.1) is 0 Å². The van der Waals surface area contributed by atoms with Crippen LogP contribution in [-0.2, 0) is 6.54 Å². The van der Waals surface area contributed by atoms with Crippen LogP contribution in [0.15, 0.2) is 66.7 Å². The first kappa shape index (κ1) is 19.2. The van der Waals surface area contributed by atoms with Crippen molar-refractivity contribution < 1.29 is 9.90 Å². The number of carbonyl (C=O) groups is 1. The first-order valence-corrected chi connectivity index (χ1v) is 9.55. The molecule has 0 aliphatic carbocycles. The number of halogens is 2. The van der Waals surface area contributed by atoms with Crippen molar-refractivity contribution in [3.63, 3.8) is 0 Å². The van der Waals surface area contributed by atoms with E-state index in [1.54, 1.807) is 36.4 Å². The Balaban J connectivity index is 1.57. The van der Waals surface area contributed by atoms with Gasteiger partial charge in [-0.1, -0.05) is 54.1 Å². The van der Waals surface area contributed by atoms with Crippen LogP contribution in [0.1, 0.15) is 15.9 Å². The summed E-state index contributed by atoms with van der Waals surface area (Å²) in [5.41, 5.74) is 3.51. The zero-order chi connectivity index (χ0) is 20.4. The minimum atomic E-state index is -0.947. The summed E-state index contributed by atoms with van der Waals surface area (Å²) in [4.78, 5) is 19.9. The normalized spacial score (nSPS) is 10.8. The Kier molecular flexibility index (Phi) is 5.34. The molecule has 0 bridgehead atoms. The smallest absolute Gasteiger partial charge is 0.336 e. The topological polar surface area (TPSA) is 75.1 Å². The highest BCUT2D eigenvalue weighted by molar-refractivity contribution is 6.31. The summed E-state index contributed by atoms with van der Waals surface area (Å²) in [6.07, 6.45) is 0. The monoisotopic (exact) mass is 423 g/mol. The summed E-state index contributed by atoms with van der Waals surface area (Å²) in [7, 11) is 0. The molecule has 5 nitrogen and oxygen atoms in total. The molecule has 0 atom stereocenters. The highest BCUT2D eigenvalue weighted by Gasteiger charge is 2.11. The summed E-state index contributed by atoms with van der Waals surface area (Å²) in [5, 5.41) is 14.2. The Morgan fingerprint density at radius 1 is 0.966 bits per heavy atom. The fraction of sp³-hybridized carbons (Fsp3) is 0.0455.